The van der Waals surface area contributed by atoms with E-state index in [2.05, 4.69) is 6.07 Å². The van der Waals surface area contributed by atoms with Crippen molar-refractivity contribution in [3.63, 3.8) is 0 Å². The number of nitriles is 1. The van der Waals surface area contributed by atoms with Crippen molar-refractivity contribution in [2.75, 3.05) is 45.4 Å². The van der Waals surface area contributed by atoms with Crippen LogP contribution in [0.2, 0.25) is 0 Å². The molecule has 9 heteroatoms. The molecule has 5 rings (SSSR count). The molecule has 39 heavy (non-hydrogen) atoms. The first kappa shape index (κ1) is 26.6. The van der Waals surface area contributed by atoms with Crippen LogP contribution in [-0.4, -0.2) is 62.0 Å². The largest absolute Gasteiger partial charge is 0.497 e. The van der Waals surface area contributed by atoms with Crippen LogP contribution in [0.5, 0.6) is 11.5 Å². The van der Waals surface area contributed by atoms with Crippen LogP contribution < -0.4 is 14.4 Å². The number of ether oxygens (including phenoxy) is 3. The molecule has 0 aromatic heterocycles. The van der Waals surface area contributed by atoms with E-state index in [-0.39, 0.29) is 18.2 Å². The van der Waals surface area contributed by atoms with E-state index in [1.165, 1.54) is 11.8 Å². The number of benzene rings is 3. The smallest absolute Gasteiger partial charge is 0.242 e. The van der Waals surface area contributed by atoms with Crippen molar-refractivity contribution in [1.29, 1.82) is 5.26 Å². The average Bonchev–Trinajstić information content (AvgIpc) is 3.29. The Balaban J connectivity index is 1.67. The Kier molecular flexibility index (Phi) is 7.77. The fourth-order valence-corrected chi connectivity index (χ4v) is 6.63. The van der Waals surface area contributed by atoms with Crippen LogP contribution in [-0.2, 0) is 14.3 Å². The fraction of sp³-hybridized carbons (Fsp3) is 0.300. The van der Waals surface area contributed by atoms with Gasteiger partial charge in [-0.05, 0) is 66.2 Å². The SMILES string of the molecule is COc1ccc(S[C@]2(C(=O)N3CCOCC3)CC(=O)N(c3ccc(C#N)cc3)[C@@H]2c2ccc(OC)cc2)cc1. The van der Waals surface area contributed by atoms with Crippen LogP contribution in [0.4, 0.5) is 5.69 Å². The number of carbonyl (C=O) groups is 2. The molecule has 2 atom stereocenters. The molecule has 0 unspecified atom stereocenters. The maximum Gasteiger partial charge on any atom is 0.242 e. The van der Waals surface area contributed by atoms with Gasteiger partial charge < -0.3 is 24.0 Å². The molecular formula is C30H29N3O5S. The normalized spacial score (nSPS) is 20.9. The van der Waals surface area contributed by atoms with Crippen LogP contribution in [0.3, 0.4) is 0 Å². The summed E-state index contributed by atoms with van der Waals surface area (Å²) < 4.78 is 15.1. The van der Waals surface area contributed by atoms with E-state index >= 15 is 0 Å². The number of rotatable bonds is 7. The standard InChI is InChI=1S/C30H29N3O5S/c1-36-24-9-5-22(6-10-24)28-30(29(35)32-15-17-38-18-16-32,39-26-13-11-25(37-2)12-14-26)19-27(34)33(28)23-7-3-21(20-31)4-8-23/h3-14,28H,15-19H2,1-2H3/t28-,30-/m1/s1. The van der Waals surface area contributed by atoms with E-state index in [1.807, 2.05) is 53.4 Å². The maximum atomic E-state index is 14.6. The third-order valence-corrected chi connectivity index (χ3v) is 8.52. The highest BCUT2D eigenvalue weighted by Gasteiger charge is 2.59. The Bertz CT molecular complexity index is 1370. The van der Waals surface area contributed by atoms with Crippen molar-refractivity contribution >= 4 is 29.3 Å². The van der Waals surface area contributed by atoms with Gasteiger partial charge in [0.15, 0.2) is 0 Å². The minimum Gasteiger partial charge on any atom is -0.497 e. The highest BCUT2D eigenvalue weighted by atomic mass is 32.2. The van der Waals surface area contributed by atoms with Crippen molar-refractivity contribution < 1.29 is 23.8 Å². The lowest BCUT2D eigenvalue weighted by atomic mass is 9.90. The molecule has 0 N–H and O–H groups in total. The third-order valence-electron chi connectivity index (χ3n) is 7.11. The van der Waals surface area contributed by atoms with Gasteiger partial charge in [0.25, 0.3) is 0 Å². The van der Waals surface area contributed by atoms with E-state index in [1.54, 1.807) is 43.4 Å². The number of carbonyl (C=O) groups excluding carboxylic acids is 2. The predicted molar refractivity (Wildman–Crippen MR) is 148 cm³/mol. The maximum absolute atomic E-state index is 14.6. The van der Waals surface area contributed by atoms with Gasteiger partial charge in [-0.25, -0.2) is 0 Å². The molecule has 2 amide bonds. The van der Waals surface area contributed by atoms with Crippen LogP contribution in [0.15, 0.2) is 77.7 Å². The van der Waals surface area contributed by atoms with E-state index in [0.29, 0.717) is 49.1 Å². The van der Waals surface area contributed by atoms with E-state index in [9.17, 15) is 14.9 Å². The average molecular weight is 544 g/mol. The van der Waals surface area contributed by atoms with E-state index in [4.69, 9.17) is 14.2 Å². The van der Waals surface area contributed by atoms with Gasteiger partial charge >= 0.3 is 0 Å². The van der Waals surface area contributed by atoms with E-state index < -0.39 is 10.8 Å². The molecular weight excluding hydrogens is 514 g/mol. The van der Waals surface area contributed by atoms with Gasteiger partial charge in [0.2, 0.25) is 11.8 Å². The molecule has 2 heterocycles. The first-order chi connectivity index (χ1) is 19.0. The van der Waals surface area contributed by atoms with E-state index in [0.717, 1.165) is 10.5 Å². The number of nitrogens with zero attached hydrogens (tertiary/aromatic N) is 3. The second kappa shape index (κ2) is 11.4. The first-order valence-corrected chi connectivity index (χ1v) is 13.5. The van der Waals surface area contributed by atoms with Gasteiger partial charge in [0, 0.05) is 23.7 Å². The predicted octanol–water partition coefficient (Wildman–Crippen LogP) is 4.44. The Hall–Kier alpha value is -4.00. The zero-order valence-corrected chi connectivity index (χ0v) is 22.6. The van der Waals surface area contributed by atoms with Crippen LogP contribution in [0.1, 0.15) is 23.6 Å². The summed E-state index contributed by atoms with van der Waals surface area (Å²) in [6, 6.07) is 23.5. The zero-order valence-electron chi connectivity index (χ0n) is 21.8. The number of hydrogen-bond donors (Lipinski definition) is 0. The molecule has 0 spiro atoms. The van der Waals surface area contributed by atoms with Gasteiger partial charge in [-0.3, -0.25) is 9.59 Å². The quantitative estimate of drug-likeness (QED) is 0.435. The topological polar surface area (TPSA) is 92.1 Å². The fourth-order valence-electron chi connectivity index (χ4n) is 5.17. The molecule has 200 valence electrons. The number of thioether (sulfide) groups is 1. The molecule has 0 aliphatic carbocycles. The van der Waals surface area contributed by atoms with Crippen LogP contribution in [0.25, 0.3) is 0 Å². The second-order valence-corrected chi connectivity index (χ2v) is 10.8. The summed E-state index contributed by atoms with van der Waals surface area (Å²) in [5.74, 6) is 1.13. The number of amides is 2. The Morgan fingerprint density at radius 3 is 2.10 bits per heavy atom. The summed E-state index contributed by atoms with van der Waals surface area (Å²) in [5, 5.41) is 9.31. The molecule has 2 saturated heterocycles. The molecule has 3 aromatic carbocycles. The van der Waals surface area contributed by atoms with Gasteiger partial charge in [-0.1, -0.05) is 12.1 Å². The minimum absolute atomic E-state index is 0.0105. The Labute approximate surface area is 232 Å². The van der Waals surface area contributed by atoms with Crippen molar-refractivity contribution in [2.24, 2.45) is 0 Å². The van der Waals surface area contributed by atoms with Crippen molar-refractivity contribution in [1.82, 2.24) is 4.90 Å². The number of methoxy groups -OCH3 is 2. The molecule has 0 bridgehead atoms. The van der Waals surface area contributed by atoms with Gasteiger partial charge in [-0.15, -0.1) is 11.8 Å². The van der Waals surface area contributed by atoms with Gasteiger partial charge in [0.1, 0.15) is 16.2 Å². The van der Waals surface area contributed by atoms with Crippen molar-refractivity contribution in [2.45, 2.75) is 22.1 Å². The number of hydrogen-bond acceptors (Lipinski definition) is 7. The molecule has 2 aliphatic heterocycles. The molecule has 2 aliphatic rings. The second-order valence-electron chi connectivity index (χ2n) is 9.35. The summed E-state index contributed by atoms with van der Waals surface area (Å²) in [6.07, 6.45) is 0.0105. The third kappa shape index (κ3) is 5.18. The van der Waals surface area contributed by atoms with Crippen LogP contribution in [0, 0.1) is 11.3 Å². The lowest BCUT2D eigenvalue weighted by Crippen LogP contribution is -2.53. The van der Waals surface area contributed by atoms with Gasteiger partial charge in [0.05, 0.1) is 51.5 Å². The number of morpholine rings is 1. The Morgan fingerprint density at radius 1 is 0.949 bits per heavy atom. The minimum atomic E-state index is -1.16. The first-order valence-electron chi connectivity index (χ1n) is 12.7. The summed E-state index contributed by atoms with van der Waals surface area (Å²) in [7, 11) is 3.21. The molecule has 8 nitrogen and oxygen atoms in total. The summed E-state index contributed by atoms with van der Waals surface area (Å²) in [5.41, 5.74) is 1.94. The zero-order chi connectivity index (χ0) is 27.4. The Morgan fingerprint density at radius 2 is 1.54 bits per heavy atom. The molecule has 0 radical (unpaired) electrons. The lowest BCUT2D eigenvalue weighted by Gasteiger charge is -2.40. The summed E-state index contributed by atoms with van der Waals surface area (Å²) in [4.78, 5) is 32.9. The van der Waals surface area contributed by atoms with Crippen molar-refractivity contribution in [3.8, 4) is 17.6 Å². The monoisotopic (exact) mass is 543 g/mol. The van der Waals surface area contributed by atoms with Crippen molar-refractivity contribution in [3.05, 3.63) is 83.9 Å². The lowest BCUT2D eigenvalue weighted by molar-refractivity contribution is -0.138. The highest BCUT2D eigenvalue weighted by molar-refractivity contribution is 8.01. The molecule has 2 fully saturated rings. The molecule has 0 saturated carbocycles. The summed E-state index contributed by atoms with van der Waals surface area (Å²) >= 11 is 1.41. The van der Waals surface area contributed by atoms with Gasteiger partial charge in [-0.2, -0.15) is 5.26 Å². The highest BCUT2D eigenvalue weighted by Crippen LogP contribution is 2.55. The van der Waals surface area contributed by atoms with Crippen LogP contribution >= 0.6 is 11.8 Å². The summed E-state index contributed by atoms with van der Waals surface area (Å²) in [6.45, 7) is 1.83. The number of anilines is 1. The molecule has 3 aromatic rings.